The maximum absolute atomic E-state index is 15.3. The molecule has 4 nitrogen and oxygen atoms in total. The second kappa shape index (κ2) is 7.96. The zero-order valence-corrected chi connectivity index (χ0v) is 19.3. The first-order valence-corrected chi connectivity index (χ1v) is 11.7. The Morgan fingerprint density at radius 3 is 2.55 bits per heavy atom. The van der Waals surface area contributed by atoms with Crippen molar-refractivity contribution < 1.29 is 27.8 Å². The second-order valence-electron chi connectivity index (χ2n) is 9.34. The quantitative estimate of drug-likeness (QED) is 0.554. The number of ether oxygens (including phenoxy) is 1. The van der Waals surface area contributed by atoms with Crippen molar-refractivity contribution in [3.63, 3.8) is 0 Å². The van der Waals surface area contributed by atoms with Crippen molar-refractivity contribution in [2.24, 2.45) is 0 Å². The van der Waals surface area contributed by atoms with Crippen molar-refractivity contribution in [3.05, 3.63) is 83.8 Å². The van der Waals surface area contributed by atoms with E-state index in [-0.39, 0.29) is 6.23 Å². The number of pyridine rings is 2. The molecule has 6 heteroatoms. The Morgan fingerprint density at radius 2 is 1.79 bits per heavy atom. The summed E-state index contributed by atoms with van der Waals surface area (Å²) in [6.45, 7) is 6.42. The summed E-state index contributed by atoms with van der Waals surface area (Å²) in [6.07, 6.45) is 5.33. The summed E-state index contributed by atoms with van der Waals surface area (Å²) < 4.78 is 40.0. The van der Waals surface area contributed by atoms with Gasteiger partial charge in [-0.2, -0.15) is 9.13 Å². The maximum atomic E-state index is 15.3. The fourth-order valence-corrected chi connectivity index (χ4v) is 6.27. The van der Waals surface area contributed by atoms with Gasteiger partial charge in [-0.25, -0.2) is 8.78 Å². The van der Waals surface area contributed by atoms with Gasteiger partial charge in [-0.1, -0.05) is 13.8 Å². The average Bonchev–Trinajstić information content (AvgIpc) is 3.14. The van der Waals surface area contributed by atoms with Crippen molar-refractivity contribution in [2.45, 2.75) is 69.9 Å². The van der Waals surface area contributed by atoms with Crippen LogP contribution in [0.4, 0.5) is 8.78 Å². The molecule has 0 fully saturated rings. The summed E-state index contributed by atoms with van der Waals surface area (Å²) in [5, 5.41) is 10.4. The van der Waals surface area contributed by atoms with Crippen LogP contribution in [0.3, 0.4) is 0 Å². The highest BCUT2D eigenvalue weighted by atomic mass is 19.1. The van der Waals surface area contributed by atoms with Crippen LogP contribution in [-0.2, 0) is 15.7 Å². The smallest absolute Gasteiger partial charge is 0.265 e. The molecular formula is C27H30F2N2O2+2. The minimum Gasteiger partial charge on any atom is -0.359 e. The van der Waals surface area contributed by atoms with Crippen LogP contribution in [0.2, 0.25) is 0 Å². The predicted octanol–water partition coefficient (Wildman–Crippen LogP) is 4.99. The molecule has 0 amide bonds. The van der Waals surface area contributed by atoms with Gasteiger partial charge in [0.1, 0.15) is 11.6 Å². The highest BCUT2D eigenvalue weighted by Crippen LogP contribution is 2.53. The van der Waals surface area contributed by atoms with Gasteiger partial charge in [-0.3, -0.25) is 4.74 Å². The lowest BCUT2D eigenvalue weighted by atomic mass is 9.57. The number of aliphatic hydroxyl groups is 1. The van der Waals surface area contributed by atoms with E-state index in [1.54, 1.807) is 0 Å². The first-order chi connectivity index (χ1) is 15.9. The molecule has 0 saturated carbocycles. The molecule has 2 aliphatic heterocycles. The molecule has 0 aliphatic carbocycles. The zero-order valence-electron chi connectivity index (χ0n) is 19.3. The van der Waals surface area contributed by atoms with Crippen LogP contribution in [0.5, 0.6) is 0 Å². The Labute approximate surface area is 193 Å². The number of fused-ring (bicyclic) bond motifs is 4. The molecule has 0 spiro atoms. The van der Waals surface area contributed by atoms with E-state index in [1.807, 2.05) is 53.4 Å². The van der Waals surface area contributed by atoms with E-state index in [2.05, 4.69) is 25.3 Å². The minimum atomic E-state index is -0.977. The molecule has 1 N–H and O–H groups in total. The molecule has 4 atom stereocenters. The molecule has 1 aromatic carbocycles. The van der Waals surface area contributed by atoms with Crippen LogP contribution >= 0.6 is 0 Å². The number of benzene rings is 1. The molecule has 0 bridgehead atoms. The van der Waals surface area contributed by atoms with E-state index in [0.717, 1.165) is 23.7 Å². The fourth-order valence-electron chi connectivity index (χ4n) is 6.27. The van der Waals surface area contributed by atoms with Crippen LogP contribution in [0.15, 0.2) is 60.9 Å². The molecule has 2 aliphatic rings. The number of rotatable bonds is 5. The van der Waals surface area contributed by atoms with Gasteiger partial charge in [0, 0.05) is 50.1 Å². The van der Waals surface area contributed by atoms with Crippen LogP contribution in [0, 0.1) is 11.6 Å². The van der Waals surface area contributed by atoms with Crippen LogP contribution < -0.4 is 9.13 Å². The van der Waals surface area contributed by atoms with Crippen LogP contribution in [0.25, 0.3) is 11.3 Å². The first kappa shape index (κ1) is 22.1. The Morgan fingerprint density at radius 1 is 1.03 bits per heavy atom. The van der Waals surface area contributed by atoms with Crippen LogP contribution in [-0.4, -0.2) is 5.11 Å². The van der Waals surface area contributed by atoms with Gasteiger partial charge >= 0.3 is 0 Å². The third kappa shape index (κ3) is 3.07. The standard InChI is InChI=1S/C27H30F2N2O2/c1-4-26(3)27(5-2,13-12-23-30-14-8-6-11-22(30)25(32)33-23)19-16-18(28)17-20(29)24(19)21-10-7-9-15-31(21)26/h6-11,14-17,23,25,32H,4-5,12-13H2,1-3H3/q+2. The lowest BCUT2D eigenvalue weighted by molar-refractivity contribution is -0.767. The first-order valence-electron chi connectivity index (χ1n) is 11.7. The lowest BCUT2D eigenvalue weighted by Gasteiger charge is -2.48. The molecule has 4 heterocycles. The van der Waals surface area contributed by atoms with Gasteiger partial charge < -0.3 is 5.11 Å². The number of hydrogen-bond donors (Lipinski definition) is 1. The third-order valence-electron chi connectivity index (χ3n) is 8.13. The van der Waals surface area contributed by atoms with E-state index in [0.29, 0.717) is 30.5 Å². The molecule has 33 heavy (non-hydrogen) atoms. The second-order valence-corrected chi connectivity index (χ2v) is 9.34. The van der Waals surface area contributed by atoms with E-state index < -0.39 is 28.9 Å². The molecular weight excluding hydrogens is 422 g/mol. The number of nitrogens with zero attached hydrogens (tertiary/aromatic N) is 2. The molecule has 0 saturated heterocycles. The van der Waals surface area contributed by atoms with Gasteiger partial charge in [-0.15, -0.1) is 0 Å². The summed E-state index contributed by atoms with van der Waals surface area (Å²) in [7, 11) is 0. The number of aliphatic hydroxyl groups excluding tert-OH is 1. The van der Waals surface area contributed by atoms with Crippen molar-refractivity contribution in [1.82, 2.24) is 0 Å². The Balaban J connectivity index is 1.66. The van der Waals surface area contributed by atoms with E-state index >= 15 is 4.39 Å². The topological polar surface area (TPSA) is 37.2 Å². The Hall–Kier alpha value is -2.70. The summed E-state index contributed by atoms with van der Waals surface area (Å²) in [6, 6.07) is 13.9. The Kier molecular flexibility index (Phi) is 5.33. The van der Waals surface area contributed by atoms with Crippen molar-refractivity contribution >= 4 is 0 Å². The van der Waals surface area contributed by atoms with E-state index in [9.17, 15) is 9.50 Å². The summed E-state index contributed by atoms with van der Waals surface area (Å²) in [5.41, 5.74) is 1.73. The highest BCUT2D eigenvalue weighted by Gasteiger charge is 2.60. The summed E-state index contributed by atoms with van der Waals surface area (Å²) in [5.74, 6) is -1.09. The number of hydrogen-bond acceptors (Lipinski definition) is 2. The van der Waals surface area contributed by atoms with E-state index in [4.69, 9.17) is 4.74 Å². The van der Waals surface area contributed by atoms with Crippen molar-refractivity contribution in [3.8, 4) is 11.3 Å². The van der Waals surface area contributed by atoms with Crippen molar-refractivity contribution in [1.29, 1.82) is 0 Å². The summed E-state index contributed by atoms with van der Waals surface area (Å²) >= 11 is 0. The number of aromatic nitrogens is 2. The average molecular weight is 453 g/mol. The summed E-state index contributed by atoms with van der Waals surface area (Å²) in [4.78, 5) is 0. The predicted molar refractivity (Wildman–Crippen MR) is 119 cm³/mol. The maximum Gasteiger partial charge on any atom is 0.265 e. The largest absolute Gasteiger partial charge is 0.359 e. The molecule has 3 aromatic rings. The molecule has 4 unspecified atom stereocenters. The molecule has 5 rings (SSSR count). The molecule has 172 valence electrons. The van der Waals surface area contributed by atoms with Gasteiger partial charge in [0.15, 0.2) is 17.9 Å². The minimum absolute atomic E-state index is 0.343. The van der Waals surface area contributed by atoms with Gasteiger partial charge in [0.2, 0.25) is 17.7 Å². The lowest BCUT2D eigenvalue weighted by Crippen LogP contribution is -2.68. The molecule has 2 aromatic heterocycles. The van der Waals surface area contributed by atoms with Gasteiger partial charge in [-0.05, 0) is 36.6 Å². The van der Waals surface area contributed by atoms with Gasteiger partial charge in [0.05, 0.1) is 11.0 Å². The third-order valence-corrected chi connectivity index (χ3v) is 8.13. The Bertz CT molecular complexity index is 1220. The SMILES string of the molecule is CCC1(CCC2OC(O)c3cccc[n+]32)c2cc(F)cc(F)c2-c2cccc[n+]2C1(C)CC. The monoisotopic (exact) mass is 452 g/mol. The van der Waals surface area contributed by atoms with Gasteiger partial charge in [0.25, 0.3) is 6.23 Å². The fraction of sp³-hybridized carbons (Fsp3) is 0.407. The number of halogens is 2. The highest BCUT2D eigenvalue weighted by molar-refractivity contribution is 5.66. The molecule has 0 radical (unpaired) electrons. The zero-order chi connectivity index (χ0) is 23.4. The van der Waals surface area contributed by atoms with Crippen LogP contribution in [0.1, 0.15) is 70.2 Å². The normalized spacial score (nSPS) is 27.7. The van der Waals surface area contributed by atoms with E-state index in [1.165, 1.54) is 6.07 Å². The van der Waals surface area contributed by atoms with Crippen molar-refractivity contribution in [2.75, 3.05) is 0 Å².